The Balaban J connectivity index is 2.17. The summed E-state index contributed by atoms with van der Waals surface area (Å²) in [6, 6.07) is 21.3. The van der Waals surface area contributed by atoms with Crippen LogP contribution in [0.15, 0.2) is 71.9 Å². The zero-order chi connectivity index (χ0) is 16.1. The van der Waals surface area contributed by atoms with Crippen LogP contribution >= 0.6 is 0 Å². The van der Waals surface area contributed by atoms with E-state index >= 15 is 0 Å². The highest BCUT2D eigenvalue weighted by molar-refractivity contribution is 7.85. The Kier molecular flexibility index (Phi) is 4.55. The molecule has 0 spiro atoms. The van der Waals surface area contributed by atoms with Crippen molar-refractivity contribution >= 4 is 10.8 Å². The maximum atomic E-state index is 12.1. The molecule has 1 heterocycles. The van der Waals surface area contributed by atoms with Crippen LogP contribution in [0.2, 0.25) is 0 Å². The molecule has 1 aromatic heterocycles. The Bertz CT molecular complexity index is 874. The Hall–Kier alpha value is -2.84. The summed E-state index contributed by atoms with van der Waals surface area (Å²) >= 11 is 0. The SMILES string of the molecule is N#CCS(=O)c1cnc(-c2ccccc2)c(-c2ccccc2)n1. The van der Waals surface area contributed by atoms with E-state index in [2.05, 4.69) is 9.97 Å². The molecule has 0 radical (unpaired) electrons. The second-order valence-corrected chi connectivity index (χ2v) is 6.18. The summed E-state index contributed by atoms with van der Waals surface area (Å²) in [5.74, 6) is -0.0897. The number of rotatable bonds is 4. The maximum absolute atomic E-state index is 12.1. The summed E-state index contributed by atoms with van der Waals surface area (Å²) in [5, 5.41) is 9.05. The minimum Gasteiger partial charge on any atom is -0.252 e. The van der Waals surface area contributed by atoms with Gasteiger partial charge in [-0.1, -0.05) is 60.7 Å². The Morgan fingerprint density at radius 2 is 1.48 bits per heavy atom. The van der Waals surface area contributed by atoms with Crippen LogP contribution in [0.1, 0.15) is 0 Å². The molecule has 112 valence electrons. The first kappa shape index (κ1) is 15.1. The van der Waals surface area contributed by atoms with Crippen LogP contribution in [0.25, 0.3) is 22.5 Å². The normalized spacial score (nSPS) is 11.6. The molecule has 5 heteroatoms. The van der Waals surface area contributed by atoms with Gasteiger partial charge < -0.3 is 0 Å². The van der Waals surface area contributed by atoms with E-state index in [0.717, 1.165) is 16.8 Å². The van der Waals surface area contributed by atoms with Crippen LogP contribution in [0.5, 0.6) is 0 Å². The van der Waals surface area contributed by atoms with Crippen molar-refractivity contribution in [2.75, 3.05) is 5.75 Å². The summed E-state index contributed by atoms with van der Waals surface area (Å²) in [4.78, 5) is 8.99. The van der Waals surface area contributed by atoms with Crippen LogP contribution in [-0.2, 0) is 10.8 Å². The molecule has 0 saturated heterocycles. The molecule has 0 fully saturated rings. The second kappa shape index (κ2) is 6.95. The van der Waals surface area contributed by atoms with Crippen molar-refractivity contribution in [1.82, 2.24) is 9.97 Å². The summed E-state index contributed by atoms with van der Waals surface area (Å²) in [6.07, 6.45) is 1.49. The standard InChI is InChI=1S/C18H13N3OS/c19-11-12-23(22)16-13-20-17(14-7-3-1-4-8-14)18(21-16)15-9-5-2-6-10-15/h1-10,13H,12H2. The highest BCUT2D eigenvalue weighted by atomic mass is 32.2. The van der Waals surface area contributed by atoms with E-state index in [0.29, 0.717) is 10.7 Å². The van der Waals surface area contributed by atoms with Gasteiger partial charge in [-0.2, -0.15) is 5.26 Å². The zero-order valence-electron chi connectivity index (χ0n) is 12.2. The predicted octanol–water partition coefficient (Wildman–Crippen LogP) is 3.44. The highest BCUT2D eigenvalue weighted by Gasteiger charge is 2.14. The Morgan fingerprint density at radius 1 is 0.913 bits per heavy atom. The molecule has 0 N–H and O–H groups in total. The molecule has 3 aromatic rings. The highest BCUT2D eigenvalue weighted by Crippen LogP contribution is 2.29. The van der Waals surface area contributed by atoms with Gasteiger partial charge in [-0.15, -0.1) is 0 Å². The number of benzene rings is 2. The van der Waals surface area contributed by atoms with Gasteiger partial charge in [0, 0.05) is 11.1 Å². The van der Waals surface area contributed by atoms with Crippen LogP contribution in [0.3, 0.4) is 0 Å². The number of nitrogens with zero attached hydrogens (tertiary/aromatic N) is 3. The van der Waals surface area contributed by atoms with Crippen LogP contribution in [-0.4, -0.2) is 19.9 Å². The summed E-state index contributed by atoms with van der Waals surface area (Å²) in [5.41, 5.74) is 3.24. The van der Waals surface area contributed by atoms with Crippen molar-refractivity contribution in [2.24, 2.45) is 0 Å². The summed E-state index contributed by atoms with van der Waals surface area (Å²) < 4.78 is 12.1. The smallest absolute Gasteiger partial charge is 0.147 e. The van der Waals surface area contributed by atoms with E-state index < -0.39 is 10.8 Å². The average molecular weight is 319 g/mol. The van der Waals surface area contributed by atoms with Crippen LogP contribution in [0, 0.1) is 11.3 Å². The lowest BCUT2D eigenvalue weighted by Crippen LogP contribution is -2.03. The molecular formula is C18H13N3OS. The lowest BCUT2D eigenvalue weighted by molar-refractivity contribution is 0.682. The van der Waals surface area contributed by atoms with Crippen molar-refractivity contribution in [1.29, 1.82) is 5.26 Å². The third-order valence-electron chi connectivity index (χ3n) is 3.27. The van der Waals surface area contributed by atoms with Crippen molar-refractivity contribution in [2.45, 2.75) is 5.03 Å². The van der Waals surface area contributed by atoms with Crippen LogP contribution in [0.4, 0.5) is 0 Å². The topological polar surface area (TPSA) is 66.6 Å². The Labute approximate surface area is 136 Å². The number of aromatic nitrogens is 2. The van der Waals surface area contributed by atoms with Gasteiger partial charge in [-0.05, 0) is 0 Å². The first-order chi connectivity index (χ1) is 11.3. The largest absolute Gasteiger partial charge is 0.252 e. The minimum atomic E-state index is -1.47. The first-order valence-electron chi connectivity index (χ1n) is 7.03. The number of hydrogen-bond acceptors (Lipinski definition) is 4. The number of hydrogen-bond donors (Lipinski definition) is 0. The van der Waals surface area contributed by atoms with Gasteiger partial charge in [0.2, 0.25) is 0 Å². The molecule has 0 bridgehead atoms. The van der Waals surface area contributed by atoms with E-state index in [9.17, 15) is 4.21 Å². The van der Waals surface area contributed by atoms with Gasteiger partial charge in [0.25, 0.3) is 0 Å². The molecule has 1 atom stereocenters. The first-order valence-corrected chi connectivity index (χ1v) is 8.34. The summed E-state index contributed by atoms with van der Waals surface area (Å²) in [6.45, 7) is 0. The van der Waals surface area contributed by atoms with Gasteiger partial charge in [-0.25, -0.2) is 4.98 Å². The van der Waals surface area contributed by atoms with E-state index in [1.54, 1.807) is 0 Å². The van der Waals surface area contributed by atoms with Crippen molar-refractivity contribution < 1.29 is 4.21 Å². The zero-order valence-corrected chi connectivity index (χ0v) is 13.0. The fourth-order valence-electron chi connectivity index (χ4n) is 2.22. The summed E-state index contributed by atoms with van der Waals surface area (Å²) in [7, 11) is -1.47. The molecule has 4 nitrogen and oxygen atoms in total. The van der Waals surface area contributed by atoms with Crippen molar-refractivity contribution in [3.05, 3.63) is 66.9 Å². The quantitative estimate of drug-likeness (QED) is 0.739. The lowest BCUT2D eigenvalue weighted by Gasteiger charge is -2.10. The van der Waals surface area contributed by atoms with Crippen molar-refractivity contribution in [3.8, 4) is 28.6 Å². The molecular weight excluding hydrogens is 306 g/mol. The molecule has 0 aliphatic carbocycles. The van der Waals surface area contributed by atoms with Crippen molar-refractivity contribution in [3.63, 3.8) is 0 Å². The number of nitriles is 1. The molecule has 0 aliphatic rings. The molecule has 0 aliphatic heterocycles. The fourth-order valence-corrected chi connectivity index (χ4v) is 2.85. The van der Waals surface area contributed by atoms with Gasteiger partial charge in [0.1, 0.15) is 10.8 Å². The second-order valence-electron chi connectivity index (χ2n) is 4.79. The molecule has 1 unspecified atom stereocenters. The molecule has 23 heavy (non-hydrogen) atoms. The van der Waals surface area contributed by atoms with E-state index in [4.69, 9.17) is 5.26 Å². The average Bonchev–Trinajstić information content (AvgIpc) is 2.63. The van der Waals surface area contributed by atoms with E-state index in [-0.39, 0.29) is 5.75 Å². The van der Waals surface area contributed by atoms with E-state index in [1.165, 1.54) is 6.20 Å². The monoisotopic (exact) mass is 319 g/mol. The third-order valence-corrected chi connectivity index (χ3v) is 4.33. The molecule has 0 saturated carbocycles. The lowest BCUT2D eigenvalue weighted by atomic mass is 10.0. The predicted molar refractivity (Wildman–Crippen MR) is 89.8 cm³/mol. The van der Waals surface area contributed by atoms with Gasteiger partial charge >= 0.3 is 0 Å². The van der Waals surface area contributed by atoms with Crippen LogP contribution < -0.4 is 0 Å². The minimum absolute atomic E-state index is 0.0897. The molecule has 3 rings (SSSR count). The molecule has 0 amide bonds. The van der Waals surface area contributed by atoms with Gasteiger partial charge in [0.15, 0.2) is 0 Å². The van der Waals surface area contributed by atoms with E-state index in [1.807, 2.05) is 66.7 Å². The Morgan fingerprint density at radius 3 is 2.04 bits per heavy atom. The maximum Gasteiger partial charge on any atom is 0.147 e. The molecule has 2 aromatic carbocycles. The fraction of sp³-hybridized carbons (Fsp3) is 0.0556. The third kappa shape index (κ3) is 3.33. The van der Waals surface area contributed by atoms with Gasteiger partial charge in [-0.3, -0.25) is 9.19 Å². The van der Waals surface area contributed by atoms with Gasteiger partial charge in [0.05, 0.1) is 34.5 Å².